The lowest BCUT2D eigenvalue weighted by Gasteiger charge is -2.18. The lowest BCUT2D eigenvalue weighted by Crippen LogP contribution is -2.25. The van der Waals surface area contributed by atoms with Crippen molar-refractivity contribution in [3.8, 4) is 11.5 Å². The monoisotopic (exact) mass is 526 g/mol. The maximum Gasteiger partial charge on any atom is 0.262 e. The van der Waals surface area contributed by atoms with Crippen LogP contribution in [-0.2, 0) is 9.59 Å². The van der Waals surface area contributed by atoms with E-state index in [1.165, 1.54) is 0 Å². The number of fused-ring (bicyclic) bond motifs is 1. The molecule has 1 aliphatic heterocycles. The van der Waals surface area contributed by atoms with Crippen LogP contribution < -0.4 is 15.8 Å². The van der Waals surface area contributed by atoms with Crippen LogP contribution in [0, 0.1) is 0 Å². The topological polar surface area (TPSA) is 102 Å². The van der Waals surface area contributed by atoms with Crippen LogP contribution in [0.1, 0.15) is 0 Å². The number of carbonyl (C=O) groups is 2. The molecule has 0 spiro atoms. The Morgan fingerprint density at radius 1 is 1.23 bits per heavy atom. The number of halogens is 4. The summed E-state index contributed by atoms with van der Waals surface area (Å²) in [6.45, 7) is 0.0929. The van der Waals surface area contributed by atoms with E-state index in [-0.39, 0.29) is 24.1 Å². The van der Waals surface area contributed by atoms with Crippen LogP contribution in [-0.4, -0.2) is 28.7 Å². The largest absolute Gasteiger partial charge is 0.505 e. The maximum atomic E-state index is 10.9. The highest BCUT2D eigenvalue weighted by atomic mass is 79.9. The lowest BCUT2D eigenvalue weighted by molar-refractivity contribution is -0.118. The van der Waals surface area contributed by atoms with Gasteiger partial charge in [0.25, 0.3) is 5.91 Å². The van der Waals surface area contributed by atoms with Gasteiger partial charge in [-0.25, -0.2) is 0 Å². The highest BCUT2D eigenvalue weighted by Gasteiger charge is 2.17. The number of carbonyl (C=O) groups excluding carboxylic acids is 2. The van der Waals surface area contributed by atoms with E-state index >= 15 is 0 Å². The minimum absolute atomic E-state index is 0.0929. The molecule has 3 rings (SSSR count). The number of rotatable bonds is 1. The Kier molecular flexibility index (Phi) is 9.79. The number of hydrogen-bond donors (Lipinski definition) is 3. The standard InChI is InChI=1S/C8H6BrNO2.C6H6BrNO.C2H2Cl2O/c9-5-2-1-3-6-8(5)12-4-7(11)10-6;7-4-2-1-3-5(8)6(4)9;3-1-2(4)5/h1-3H,4H2,(H,10,11);1-3,9H,8H2;1H2. The maximum absolute atomic E-state index is 10.9. The molecule has 0 fully saturated rings. The van der Waals surface area contributed by atoms with E-state index in [1.807, 2.05) is 12.1 Å². The molecule has 2 aromatic carbocycles. The number of phenolic OH excluding ortho intramolecular Hbond substituents is 1. The summed E-state index contributed by atoms with van der Waals surface area (Å²) in [4.78, 5) is 20.3. The van der Waals surface area contributed by atoms with Crippen molar-refractivity contribution in [1.82, 2.24) is 0 Å². The molecule has 0 bridgehead atoms. The first-order valence-corrected chi connectivity index (χ1v) is 9.44. The quantitative estimate of drug-likeness (QED) is 0.219. The number of aromatic hydroxyl groups is 1. The van der Waals surface area contributed by atoms with Gasteiger partial charge >= 0.3 is 0 Å². The number of nitrogens with one attached hydrogen (secondary N) is 1. The number of ether oxygens (including phenoxy) is 1. The Morgan fingerprint density at radius 2 is 1.81 bits per heavy atom. The molecular weight excluding hydrogens is 515 g/mol. The molecule has 0 radical (unpaired) electrons. The molecule has 1 heterocycles. The zero-order chi connectivity index (χ0) is 19.7. The van der Waals surface area contributed by atoms with Crippen LogP contribution in [0.15, 0.2) is 45.3 Å². The van der Waals surface area contributed by atoms with Crippen molar-refractivity contribution < 1.29 is 19.4 Å². The van der Waals surface area contributed by atoms with Crippen molar-refractivity contribution in [3.05, 3.63) is 45.3 Å². The second kappa shape index (κ2) is 11.3. The highest BCUT2D eigenvalue weighted by Crippen LogP contribution is 2.34. The van der Waals surface area contributed by atoms with E-state index in [0.717, 1.165) is 10.2 Å². The molecule has 10 heteroatoms. The number of phenols is 1. The van der Waals surface area contributed by atoms with Crippen LogP contribution in [0.2, 0.25) is 0 Å². The summed E-state index contributed by atoms with van der Waals surface area (Å²) >= 11 is 16.0. The first-order valence-electron chi connectivity index (χ1n) is 6.94. The van der Waals surface area contributed by atoms with Crippen LogP contribution in [0.25, 0.3) is 0 Å². The number of hydrogen-bond acceptors (Lipinski definition) is 5. The number of benzene rings is 2. The van der Waals surface area contributed by atoms with E-state index < -0.39 is 5.24 Å². The van der Waals surface area contributed by atoms with Crippen molar-refractivity contribution in [2.75, 3.05) is 23.5 Å². The first-order chi connectivity index (χ1) is 12.3. The SMILES string of the molecule is Nc1cccc(Br)c1O.O=C(Cl)CCl.O=C1COc2c(Br)cccc2N1. The summed E-state index contributed by atoms with van der Waals surface area (Å²) in [6.07, 6.45) is 0. The number of nitrogens with two attached hydrogens (primary N) is 1. The van der Waals surface area contributed by atoms with E-state index in [0.29, 0.717) is 15.9 Å². The number of para-hydroxylation sites is 2. The molecule has 0 aromatic heterocycles. The van der Waals surface area contributed by atoms with Gasteiger partial charge in [0.05, 0.1) is 26.2 Å². The minimum atomic E-state index is -0.508. The van der Waals surface area contributed by atoms with E-state index in [9.17, 15) is 9.59 Å². The molecule has 0 aliphatic carbocycles. The third-order valence-corrected chi connectivity index (χ3v) is 4.49. The van der Waals surface area contributed by atoms with Gasteiger partial charge in [0.15, 0.2) is 18.1 Å². The molecular formula is C16H14Br2Cl2N2O4. The van der Waals surface area contributed by atoms with Gasteiger partial charge in [0.2, 0.25) is 5.24 Å². The summed E-state index contributed by atoms with van der Waals surface area (Å²) in [5, 5.41) is 11.2. The number of nitrogen functional groups attached to an aromatic ring is 1. The summed E-state index contributed by atoms with van der Waals surface area (Å²) < 4.78 is 6.70. The number of amides is 1. The van der Waals surface area contributed by atoms with Crippen LogP contribution >= 0.6 is 55.1 Å². The Labute approximate surface area is 176 Å². The Hall–Kier alpha value is -1.48. The molecule has 0 atom stereocenters. The van der Waals surface area contributed by atoms with Gasteiger partial charge in [0, 0.05) is 0 Å². The van der Waals surface area contributed by atoms with Gasteiger partial charge < -0.3 is 20.9 Å². The Balaban J connectivity index is 0.000000214. The summed E-state index contributed by atoms with van der Waals surface area (Å²) in [5.74, 6) is 0.608. The zero-order valence-corrected chi connectivity index (χ0v) is 17.8. The number of alkyl halides is 1. The van der Waals surface area contributed by atoms with Crippen molar-refractivity contribution in [3.63, 3.8) is 0 Å². The van der Waals surface area contributed by atoms with Crippen molar-refractivity contribution in [2.24, 2.45) is 0 Å². The third-order valence-electron chi connectivity index (χ3n) is 2.71. The van der Waals surface area contributed by atoms with Gasteiger partial charge in [-0.3, -0.25) is 9.59 Å². The fourth-order valence-electron chi connectivity index (χ4n) is 1.61. The fraction of sp³-hybridized carbons (Fsp3) is 0.125. The van der Waals surface area contributed by atoms with Crippen LogP contribution in [0.3, 0.4) is 0 Å². The predicted octanol–water partition coefficient (Wildman–Crippen LogP) is 4.51. The molecule has 1 amide bonds. The van der Waals surface area contributed by atoms with E-state index in [4.69, 9.17) is 38.8 Å². The molecule has 26 heavy (non-hydrogen) atoms. The van der Waals surface area contributed by atoms with Gasteiger partial charge in [-0.2, -0.15) is 0 Å². The second-order valence-electron chi connectivity index (χ2n) is 4.62. The molecule has 2 aromatic rings. The summed E-state index contributed by atoms with van der Waals surface area (Å²) in [5.41, 5.74) is 6.46. The minimum Gasteiger partial charge on any atom is -0.505 e. The van der Waals surface area contributed by atoms with Gasteiger partial charge in [0.1, 0.15) is 0 Å². The molecule has 4 N–H and O–H groups in total. The molecule has 0 saturated carbocycles. The third kappa shape index (κ3) is 7.41. The van der Waals surface area contributed by atoms with Crippen molar-refractivity contribution in [1.29, 1.82) is 0 Å². The first kappa shape index (κ1) is 22.6. The molecule has 6 nitrogen and oxygen atoms in total. The Morgan fingerprint density at radius 3 is 2.35 bits per heavy atom. The normalized spacial score (nSPS) is 11.5. The van der Waals surface area contributed by atoms with Gasteiger partial charge in [-0.15, -0.1) is 11.6 Å². The Bertz CT molecular complexity index is 771. The molecule has 140 valence electrons. The van der Waals surface area contributed by atoms with Gasteiger partial charge in [-0.1, -0.05) is 12.1 Å². The van der Waals surface area contributed by atoms with Crippen molar-refractivity contribution in [2.45, 2.75) is 0 Å². The highest BCUT2D eigenvalue weighted by molar-refractivity contribution is 9.10. The molecule has 0 unspecified atom stereocenters. The van der Waals surface area contributed by atoms with E-state index in [2.05, 4.69) is 37.2 Å². The average molecular weight is 529 g/mol. The summed E-state index contributed by atoms with van der Waals surface area (Å²) in [7, 11) is 0. The molecule has 1 aliphatic rings. The lowest BCUT2D eigenvalue weighted by atomic mass is 10.2. The zero-order valence-electron chi connectivity index (χ0n) is 13.1. The number of anilines is 2. The predicted molar refractivity (Wildman–Crippen MR) is 110 cm³/mol. The summed E-state index contributed by atoms with van der Waals surface area (Å²) in [6, 6.07) is 10.6. The van der Waals surface area contributed by atoms with E-state index in [1.54, 1.807) is 24.3 Å². The average Bonchev–Trinajstić information content (AvgIpc) is 2.60. The fourth-order valence-corrected chi connectivity index (χ4v) is 2.47. The van der Waals surface area contributed by atoms with Crippen LogP contribution in [0.5, 0.6) is 11.5 Å². The molecule has 0 saturated heterocycles. The van der Waals surface area contributed by atoms with Crippen molar-refractivity contribution >= 4 is 77.6 Å². The van der Waals surface area contributed by atoms with Crippen LogP contribution in [0.4, 0.5) is 11.4 Å². The smallest absolute Gasteiger partial charge is 0.262 e. The van der Waals surface area contributed by atoms with Gasteiger partial charge in [-0.05, 0) is 67.7 Å². The second-order valence-corrected chi connectivity index (χ2v) is 7.02.